The van der Waals surface area contributed by atoms with E-state index in [-0.39, 0.29) is 4.90 Å². The molecule has 27 heavy (non-hydrogen) atoms. The Hall–Kier alpha value is -2.11. The summed E-state index contributed by atoms with van der Waals surface area (Å²) < 4.78 is 32.6. The number of nitriles is 1. The molecule has 0 aliphatic carbocycles. The van der Waals surface area contributed by atoms with Gasteiger partial charge in [0.15, 0.2) is 0 Å². The Balaban J connectivity index is 1.50. The zero-order valence-corrected chi connectivity index (χ0v) is 16.3. The second kappa shape index (κ2) is 8.72. The van der Waals surface area contributed by atoms with E-state index in [1.165, 1.54) is 28.6 Å². The molecular formula is C19H20ClN3O3S. The number of hydrogen-bond donors (Lipinski definition) is 0. The molecule has 1 saturated heterocycles. The molecule has 1 aliphatic heterocycles. The number of ether oxygens (including phenoxy) is 1. The fraction of sp³-hybridized carbons (Fsp3) is 0.316. The van der Waals surface area contributed by atoms with Gasteiger partial charge in [-0.3, -0.25) is 4.90 Å². The highest BCUT2D eigenvalue weighted by atomic mass is 35.5. The average Bonchev–Trinajstić information content (AvgIpc) is 2.70. The number of benzene rings is 2. The first-order valence-electron chi connectivity index (χ1n) is 8.61. The van der Waals surface area contributed by atoms with Gasteiger partial charge in [0.1, 0.15) is 12.4 Å². The molecule has 2 aromatic rings. The monoisotopic (exact) mass is 405 g/mol. The van der Waals surface area contributed by atoms with Crippen LogP contribution in [0, 0.1) is 11.3 Å². The van der Waals surface area contributed by atoms with Crippen molar-refractivity contribution >= 4 is 21.6 Å². The van der Waals surface area contributed by atoms with Crippen LogP contribution in [0.25, 0.3) is 0 Å². The van der Waals surface area contributed by atoms with E-state index in [0.717, 1.165) is 0 Å². The topological polar surface area (TPSA) is 73.6 Å². The van der Waals surface area contributed by atoms with Crippen LogP contribution in [0.1, 0.15) is 5.56 Å². The zero-order valence-electron chi connectivity index (χ0n) is 14.7. The van der Waals surface area contributed by atoms with Crippen LogP contribution in [0.3, 0.4) is 0 Å². The summed E-state index contributed by atoms with van der Waals surface area (Å²) in [7, 11) is -3.53. The van der Waals surface area contributed by atoms with Gasteiger partial charge < -0.3 is 4.74 Å². The lowest BCUT2D eigenvalue weighted by Gasteiger charge is -2.33. The second-order valence-corrected chi connectivity index (χ2v) is 8.51. The predicted octanol–water partition coefficient (Wildman–Crippen LogP) is 2.60. The quantitative estimate of drug-likeness (QED) is 0.738. The molecule has 1 heterocycles. The van der Waals surface area contributed by atoms with Crippen LogP contribution in [0.2, 0.25) is 5.02 Å². The molecule has 0 amide bonds. The largest absolute Gasteiger partial charge is 0.491 e. The normalized spacial score (nSPS) is 16.0. The van der Waals surface area contributed by atoms with E-state index in [2.05, 4.69) is 4.90 Å². The smallest absolute Gasteiger partial charge is 0.243 e. The van der Waals surface area contributed by atoms with E-state index in [1.807, 2.05) is 24.3 Å². The van der Waals surface area contributed by atoms with Crippen molar-refractivity contribution in [3.8, 4) is 11.8 Å². The fourth-order valence-electron chi connectivity index (χ4n) is 2.89. The highest BCUT2D eigenvalue weighted by Crippen LogP contribution is 2.23. The van der Waals surface area contributed by atoms with Crippen LogP contribution < -0.4 is 4.74 Å². The van der Waals surface area contributed by atoms with E-state index in [0.29, 0.717) is 55.7 Å². The van der Waals surface area contributed by atoms with Crippen molar-refractivity contribution in [1.29, 1.82) is 5.26 Å². The number of piperazine rings is 1. The van der Waals surface area contributed by atoms with Crippen molar-refractivity contribution in [2.75, 3.05) is 39.3 Å². The Kier molecular flexibility index (Phi) is 6.34. The van der Waals surface area contributed by atoms with Crippen LogP contribution in [0.4, 0.5) is 0 Å². The van der Waals surface area contributed by atoms with Gasteiger partial charge in [-0.2, -0.15) is 9.57 Å². The summed E-state index contributed by atoms with van der Waals surface area (Å²) in [6.07, 6.45) is 0. The Morgan fingerprint density at radius 1 is 1.04 bits per heavy atom. The minimum atomic E-state index is -3.53. The van der Waals surface area contributed by atoms with Crippen molar-refractivity contribution < 1.29 is 13.2 Å². The standard InChI is InChI=1S/C19H20ClN3O3S/c20-18-3-1-2-4-19(18)26-14-13-22-9-11-23(12-10-22)27(24,25)17-7-5-16(15-21)6-8-17/h1-8H,9-14H2. The van der Waals surface area contributed by atoms with Gasteiger partial charge in [-0.25, -0.2) is 8.42 Å². The zero-order chi connectivity index (χ0) is 19.3. The molecule has 0 saturated carbocycles. The number of hydrogen-bond acceptors (Lipinski definition) is 5. The van der Waals surface area contributed by atoms with Gasteiger partial charge in [-0.1, -0.05) is 23.7 Å². The predicted molar refractivity (Wildman–Crippen MR) is 103 cm³/mol. The molecule has 142 valence electrons. The van der Waals surface area contributed by atoms with Gasteiger partial charge in [-0.05, 0) is 36.4 Å². The van der Waals surface area contributed by atoms with Gasteiger partial charge in [0.25, 0.3) is 0 Å². The first kappa shape index (κ1) is 19.6. The first-order chi connectivity index (χ1) is 13.0. The number of halogens is 1. The van der Waals surface area contributed by atoms with Gasteiger partial charge >= 0.3 is 0 Å². The van der Waals surface area contributed by atoms with E-state index in [9.17, 15) is 8.42 Å². The summed E-state index contributed by atoms with van der Waals surface area (Å²) in [5.41, 5.74) is 0.442. The number of nitrogens with zero attached hydrogens (tertiary/aromatic N) is 3. The van der Waals surface area contributed by atoms with Crippen molar-refractivity contribution in [2.45, 2.75) is 4.90 Å². The molecule has 0 bridgehead atoms. The van der Waals surface area contributed by atoms with Crippen LogP contribution >= 0.6 is 11.6 Å². The lowest BCUT2D eigenvalue weighted by atomic mass is 10.2. The number of para-hydroxylation sites is 1. The molecule has 1 fully saturated rings. The van der Waals surface area contributed by atoms with Crippen LogP contribution in [-0.4, -0.2) is 57.0 Å². The van der Waals surface area contributed by atoms with Gasteiger partial charge in [-0.15, -0.1) is 0 Å². The van der Waals surface area contributed by atoms with Crippen molar-refractivity contribution in [1.82, 2.24) is 9.21 Å². The molecule has 3 rings (SSSR count). The molecule has 0 spiro atoms. The van der Waals surface area contributed by atoms with Gasteiger partial charge in [0.2, 0.25) is 10.0 Å². The van der Waals surface area contributed by atoms with Crippen LogP contribution in [-0.2, 0) is 10.0 Å². The summed E-state index contributed by atoms with van der Waals surface area (Å²) >= 11 is 6.06. The SMILES string of the molecule is N#Cc1ccc(S(=O)(=O)N2CCN(CCOc3ccccc3Cl)CC2)cc1. The second-order valence-electron chi connectivity index (χ2n) is 6.16. The maximum absolute atomic E-state index is 12.7. The Morgan fingerprint density at radius 2 is 1.70 bits per heavy atom. The third kappa shape index (κ3) is 4.79. The summed E-state index contributed by atoms with van der Waals surface area (Å²) in [6, 6.07) is 15.3. The Bertz CT molecular complexity index is 918. The molecule has 8 heteroatoms. The summed E-state index contributed by atoms with van der Waals surface area (Å²) in [6.45, 7) is 3.33. The lowest BCUT2D eigenvalue weighted by molar-refractivity contribution is 0.159. The third-order valence-electron chi connectivity index (χ3n) is 4.45. The van der Waals surface area contributed by atoms with Gasteiger partial charge in [0, 0.05) is 32.7 Å². The maximum atomic E-state index is 12.7. The van der Waals surface area contributed by atoms with Crippen LogP contribution in [0.15, 0.2) is 53.4 Å². The minimum absolute atomic E-state index is 0.219. The van der Waals surface area contributed by atoms with Crippen molar-refractivity contribution in [3.63, 3.8) is 0 Å². The third-order valence-corrected chi connectivity index (χ3v) is 6.68. The lowest BCUT2D eigenvalue weighted by Crippen LogP contribution is -2.49. The highest BCUT2D eigenvalue weighted by molar-refractivity contribution is 7.89. The number of sulfonamides is 1. The molecule has 6 nitrogen and oxygen atoms in total. The van der Waals surface area contributed by atoms with E-state index in [4.69, 9.17) is 21.6 Å². The molecular weight excluding hydrogens is 386 g/mol. The molecule has 0 atom stereocenters. The van der Waals surface area contributed by atoms with E-state index < -0.39 is 10.0 Å². The van der Waals surface area contributed by atoms with Crippen molar-refractivity contribution in [3.05, 3.63) is 59.1 Å². The fourth-order valence-corrected chi connectivity index (χ4v) is 4.50. The van der Waals surface area contributed by atoms with Gasteiger partial charge in [0.05, 0.1) is 21.6 Å². The minimum Gasteiger partial charge on any atom is -0.491 e. The maximum Gasteiger partial charge on any atom is 0.243 e. The van der Waals surface area contributed by atoms with Crippen molar-refractivity contribution in [2.24, 2.45) is 0 Å². The molecule has 0 unspecified atom stereocenters. The molecule has 0 radical (unpaired) electrons. The van der Waals surface area contributed by atoms with Crippen LogP contribution in [0.5, 0.6) is 5.75 Å². The summed E-state index contributed by atoms with van der Waals surface area (Å²) in [5, 5.41) is 9.41. The average molecular weight is 406 g/mol. The Labute approximate surface area is 164 Å². The summed E-state index contributed by atoms with van der Waals surface area (Å²) in [4.78, 5) is 2.39. The molecule has 0 aromatic heterocycles. The Morgan fingerprint density at radius 3 is 2.33 bits per heavy atom. The highest BCUT2D eigenvalue weighted by Gasteiger charge is 2.28. The molecule has 2 aromatic carbocycles. The van der Waals surface area contributed by atoms with E-state index in [1.54, 1.807) is 6.07 Å². The first-order valence-corrected chi connectivity index (χ1v) is 10.4. The number of rotatable bonds is 6. The summed E-state index contributed by atoms with van der Waals surface area (Å²) in [5.74, 6) is 0.654. The molecule has 1 aliphatic rings. The molecule has 0 N–H and O–H groups in total. The van der Waals surface area contributed by atoms with E-state index >= 15 is 0 Å².